The van der Waals surface area contributed by atoms with Gasteiger partial charge in [0.15, 0.2) is 11.5 Å². The van der Waals surface area contributed by atoms with E-state index in [-0.39, 0.29) is 23.0 Å². The molecule has 1 amide bonds. The Hall–Kier alpha value is -2.01. The Morgan fingerprint density at radius 1 is 1.06 bits per heavy atom. The van der Waals surface area contributed by atoms with E-state index >= 15 is 0 Å². The molecular weight excluding hydrogens is 298 g/mol. The fourth-order valence-corrected chi connectivity index (χ4v) is 1.81. The number of hydrogen-bond donors (Lipinski definition) is 3. The normalized spacial score (nSPS) is 10.1. The maximum absolute atomic E-state index is 11.9. The van der Waals surface area contributed by atoms with E-state index in [1.165, 1.54) is 18.2 Å². The molecule has 0 spiro atoms. The second-order valence-electron chi connectivity index (χ2n) is 3.64. The number of phenolic OH excluding ortho intramolecular Hbond substituents is 2. The predicted molar refractivity (Wildman–Crippen MR) is 71.9 cm³/mol. The molecule has 3 N–H and O–H groups in total. The molecule has 0 aliphatic heterocycles. The third-order valence-electron chi connectivity index (χ3n) is 2.36. The van der Waals surface area contributed by atoms with E-state index in [1.54, 1.807) is 12.1 Å². The molecule has 0 unspecified atom stereocenters. The molecule has 2 aromatic carbocycles. The van der Waals surface area contributed by atoms with Crippen molar-refractivity contribution in [3.8, 4) is 11.5 Å². The number of phenols is 2. The predicted octanol–water partition coefficient (Wildman–Crippen LogP) is 3.11. The number of benzene rings is 2. The Balaban J connectivity index is 2.22. The minimum atomic E-state index is -0.364. The van der Waals surface area contributed by atoms with Crippen molar-refractivity contribution in [3.05, 3.63) is 52.5 Å². The molecule has 0 heterocycles. The van der Waals surface area contributed by atoms with Crippen molar-refractivity contribution in [2.24, 2.45) is 0 Å². The fraction of sp³-hybridized carbons (Fsp3) is 0. The van der Waals surface area contributed by atoms with Crippen molar-refractivity contribution in [3.63, 3.8) is 0 Å². The second kappa shape index (κ2) is 5.10. The van der Waals surface area contributed by atoms with Gasteiger partial charge in [-0.1, -0.05) is 12.1 Å². The third kappa shape index (κ3) is 2.62. The highest BCUT2D eigenvalue weighted by molar-refractivity contribution is 9.10. The Labute approximate surface area is 112 Å². The molecular formula is C13H10BrNO3. The molecule has 18 heavy (non-hydrogen) atoms. The van der Waals surface area contributed by atoms with Crippen molar-refractivity contribution in [2.45, 2.75) is 0 Å². The van der Waals surface area contributed by atoms with Gasteiger partial charge in [0.2, 0.25) is 0 Å². The molecule has 92 valence electrons. The minimum absolute atomic E-state index is 0.257. The molecule has 5 heteroatoms. The van der Waals surface area contributed by atoms with Crippen molar-refractivity contribution >= 4 is 27.5 Å². The first kappa shape index (κ1) is 12.4. The van der Waals surface area contributed by atoms with Crippen molar-refractivity contribution in [1.82, 2.24) is 0 Å². The summed E-state index contributed by atoms with van der Waals surface area (Å²) < 4.78 is 0.765. The van der Waals surface area contributed by atoms with Gasteiger partial charge in [-0.05, 0) is 46.3 Å². The van der Waals surface area contributed by atoms with Crippen LogP contribution in [0.3, 0.4) is 0 Å². The van der Waals surface area contributed by atoms with E-state index in [2.05, 4.69) is 21.2 Å². The Morgan fingerprint density at radius 2 is 1.78 bits per heavy atom. The topological polar surface area (TPSA) is 69.6 Å². The SMILES string of the molecule is O=C(Nc1ccccc1Br)c1ccc(O)c(O)c1. The first-order valence-corrected chi connectivity index (χ1v) is 5.95. The summed E-state index contributed by atoms with van der Waals surface area (Å²) in [6.45, 7) is 0. The lowest BCUT2D eigenvalue weighted by atomic mass is 10.2. The van der Waals surface area contributed by atoms with Gasteiger partial charge in [0.1, 0.15) is 0 Å². The van der Waals surface area contributed by atoms with Crippen LogP contribution in [0.4, 0.5) is 5.69 Å². The van der Waals surface area contributed by atoms with Crippen molar-refractivity contribution in [1.29, 1.82) is 0 Å². The van der Waals surface area contributed by atoms with Crippen LogP contribution >= 0.6 is 15.9 Å². The van der Waals surface area contributed by atoms with Crippen LogP contribution < -0.4 is 5.32 Å². The third-order valence-corrected chi connectivity index (χ3v) is 3.05. The maximum atomic E-state index is 11.9. The number of halogens is 1. The summed E-state index contributed by atoms with van der Waals surface area (Å²) in [4.78, 5) is 11.9. The molecule has 2 rings (SSSR count). The van der Waals surface area contributed by atoms with Crippen LogP contribution in [0.2, 0.25) is 0 Å². The quantitative estimate of drug-likeness (QED) is 0.747. The number of carbonyl (C=O) groups is 1. The van der Waals surface area contributed by atoms with E-state index < -0.39 is 0 Å². The van der Waals surface area contributed by atoms with Crippen LogP contribution in [0.25, 0.3) is 0 Å². The average molecular weight is 308 g/mol. The van der Waals surface area contributed by atoms with E-state index in [4.69, 9.17) is 0 Å². The maximum Gasteiger partial charge on any atom is 0.255 e. The van der Waals surface area contributed by atoms with Crippen LogP contribution in [0, 0.1) is 0 Å². The smallest absolute Gasteiger partial charge is 0.255 e. The van der Waals surface area contributed by atoms with Gasteiger partial charge in [-0.25, -0.2) is 0 Å². The molecule has 0 fully saturated rings. The zero-order chi connectivity index (χ0) is 13.1. The molecule has 0 saturated heterocycles. The van der Waals surface area contributed by atoms with E-state index in [0.29, 0.717) is 5.69 Å². The summed E-state index contributed by atoms with van der Waals surface area (Å²) in [5.74, 6) is -0.945. The van der Waals surface area contributed by atoms with E-state index in [0.717, 1.165) is 4.47 Å². The van der Waals surface area contributed by atoms with Gasteiger partial charge in [0.25, 0.3) is 5.91 Å². The lowest BCUT2D eigenvalue weighted by Crippen LogP contribution is -2.11. The lowest BCUT2D eigenvalue weighted by molar-refractivity contribution is 0.102. The van der Waals surface area contributed by atoms with Crippen LogP contribution in [0.1, 0.15) is 10.4 Å². The van der Waals surface area contributed by atoms with Crippen LogP contribution in [-0.4, -0.2) is 16.1 Å². The monoisotopic (exact) mass is 307 g/mol. The lowest BCUT2D eigenvalue weighted by Gasteiger charge is -2.07. The Kier molecular flexibility index (Phi) is 3.53. The summed E-state index contributed by atoms with van der Waals surface area (Å²) in [5, 5.41) is 21.2. The molecule has 4 nitrogen and oxygen atoms in total. The molecule has 0 atom stereocenters. The van der Waals surface area contributed by atoms with Gasteiger partial charge in [0, 0.05) is 10.0 Å². The van der Waals surface area contributed by atoms with Gasteiger partial charge in [-0.15, -0.1) is 0 Å². The average Bonchev–Trinajstić information content (AvgIpc) is 2.35. The molecule has 0 aromatic heterocycles. The van der Waals surface area contributed by atoms with Crippen LogP contribution in [0.15, 0.2) is 46.9 Å². The van der Waals surface area contributed by atoms with Gasteiger partial charge < -0.3 is 15.5 Å². The van der Waals surface area contributed by atoms with Gasteiger partial charge in [-0.2, -0.15) is 0 Å². The molecule has 0 radical (unpaired) electrons. The van der Waals surface area contributed by atoms with Crippen LogP contribution in [0.5, 0.6) is 11.5 Å². The second-order valence-corrected chi connectivity index (χ2v) is 4.49. The molecule has 0 saturated carbocycles. The minimum Gasteiger partial charge on any atom is -0.504 e. The molecule has 0 bridgehead atoms. The highest BCUT2D eigenvalue weighted by Crippen LogP contribution is 2.26. The first-order valence-electron chi connectivity index (χ1n) is 5.16. The van der Waals surface area contributed by atoms with Crippen molar-refractivity contribution < 1.29 is 15.0 Å². The summed E-state index contributed by atoms with van der Waals surface area (Å²) in [7, 11) is 0. The molecule has 0 aliphatic carbocycles. The number of carbonyl (C=O) groups excluding carboxylic acids is 1. The van der Waals surface area contributed by atoms with Crippen LogP contribution in [-0.2, 0) is 0 Å². The summed E-state index contributed by atoms with van der Waals surface area (Å²) >= 11 is 3.32. The van der Waals surface area contributed by atoms with Gasteiger partial charge in [-0.3, -0.25) is 4.79 Å². The summed E-state index contributed by atoms with van der Waals surface area (Å²) in [5.41, 5.74) is 0.899. The number of hydrogen-bond acceptors (Lipinski definition) is 3. The van der Waals surface area contributed by atoms with Crippen molar-refractivity contribution in [2.75, 3.05) is 5.32 Å². The largest absolute Gasteiger partial charge is 0.504 e. The van der Waals surface area contributed by atoms with E-state index in [9.17, 15) is 15.0 Å². The number of anilines is 1. The van der Waals surface area contributed by atoms with Gasteiger partial charge >= 0.3 is 0 Å². The molecule has 2 aromatic rings. The number of aromatic hydroxyl groups is 2. The number of rotatable bonds is 2. The summed E-state index contributed by atoms with van der Waals surface area (Å²) in [6.07, 6.45) is 0. The zero-order valence-electron chi connectivity index (χ0n) is 9.22. The number of nitrogens with one attached hydrogen (secondary N) is 1. The zero-order valence-corrected chi connectivity index (χ0v) is 10.8. The fourth-order valence-electron chi connectivity index (χ4n) is 1.42. The number of para-hydroxylation sites is 1. The van der Waals surface area contributed by atoms with Gasteiger partial charge in [0.05, 0.1) is 5.69 Å². The first-order chi connectivity index (χ1) is 8.58. The highest BCUT2D eigenvalue weighted by atomic mass is 79.9. The van der Waals surface area contributed by atoms with E-state index in [1.807, 2.05) is 12.1 Å². The Bertz CT molecular complexity index is 599. The Morgan fingerprint density at radius 3 is 2.44 bits per heavy atom. The standard InChI is InChI=1S/C13H10BrNO3/c14-9-3-1-2-4-10(9)15-13(18)8-5-6-11(16)12(17)7-8/h1-7,16-17H,(H,15,18). The number of amides is 1. The highest BCUT2D eigenvalue weighted by Gasteiger charge is 2.10. The molecule has 0 aliphatic rings. The summed E-state index contributed by atoms with van der Waals surface area (Å²) in [6, 6.07) is 11.1.